The lowest BCUT2D eigenvalue weighted by Gasteiger charge is -2.33. The molecule has 0 spiro atoms. The Morgan fingerprint density at radius 2 is 2.17 bits per heavy atom. The van der Waals surface area contributed by atoms with Crippen molar-refractivity contribution in [1.82, 2.24) is 19.9 Å². The molecule has 2 aromatic heterocycles. The number of nitrogens with zero attached hydrogens (tertiary/aromatic N) is 4. The highest BCUT2D eigenvalue weighted by molar-refractivity contribution is 5.93. The molecule has 3 heterocycles. The number of nitrogens with two attached hydrogens (primary N) is 1. The molecule has 1 amide bonds. The molecule has 1 atom stereocenters. The fourth-order valence-electron chi connectivity index (χ4n) is 3.69. The van der Waals surface area contributed by atoms with Gasteiger partial charge < -0.3 is 15.1 Å². The topological polar surface area (TPSA) is 98.1 Å². The molecule has 1 aliphatic rings. The van der Waals surface area contributed by atoms with Gasteiger partial charge >= 0.3 is 0 Å². The van der Waals surface area contributed by atoms with Gasteiger partial charge in [-0.25, -0.2) is 19.3 Å². The monoisotopic (exact) mass is 395 g/mol. The summed E-state index contributed by atoms with van der Waals surface area (Å²) in [6.45, 7) is 2.36. The molecule has 4 rings (SSSR count). The number of carbonyl (C=O) groups excluding carboxylic acids is 1. The summed E-state index contributed by atoms with van der Waals surface area (Å²) in [4.78, 5) is 27.4. The van der Waals surface area contributed by atoms with Crippen LogP contribution in [-0.2, 0) is 6.42 Å². The van der Waals surface area contributed by atoms with E-state index in [9.17, 15) is 9.18 Å². The average molecular weight is 395 g/mol. The first-order chi connectivity index (χ1) is 14.0. The molecule has 7 nitrogen and oxygen atoms in total. The highest BCUT2D eigenvalue weighted by Crippen LogP contribution is 2.32. The number of hydrogen-bond acceptors (Lipinski definition) is 6. The third kappa shape index (κ3) is 4.26. The Labute approximate surface area is 167 Å². The van der Waals surface area contributed by atoms with E-state index in [4.69, 9.17) is 10.2 Å². The molecule has 1 aliphatic heterocycles. The second-order valence-electron chi connectivity index (χ2n) is 7.23. The van der Waals surface area contributed by atoms with Crippen LogP contribution in [0, 0.1) is 12.7 Å². The Kier molecular flexibility index (Phi) is 5.24. The molecule has 1 aromatic carbocycles. The maximum absolute atomic E-state index is 13.4. The predicted molar refractivity (Wildman–Crippen MR) is 105 cm³/mol. The fourth-order valence-corrected chi connectivity index (χ4v) is 3.69. The Morgan fingerprint density at radius 1 is 1.31 bits per heavy atom. The van der Waals surface area contributed by atoms with E-state index in [0.717, 1.165) is 24.8 Å². The molecule has 8 heteroatoms. The molecule has 29 heavy (non-hydrogen) atoms. The zero-order valence-electron chi connectivity index (χ0n) is 16.1. The maximum Gasteiger partial charge on any atom is 0.273 e. The van der Waals surface area contributed by atoms with Gasteiger partial charge in [0.15, 0.2) is 0 Å². The molecule has 0 bridgehead atoms. The van der Waals surface area contributed by atoms with E-state index in [1.54, 1.807) is 30.2 Å². The number of piperidine rings is 1. The van der Waals surface area contributed by atoms with Crippen molar-refractivity contribution in [2.45, 2.75) is 38.6 Å². The lowest BCUT2D eigenvalue weighted by molar-refractivity contribution is 0.0564. The Hall–Kier alpha value is -3.29. The number of carbonyl (C=O) groups is 1. The number of oxazole rings is 1. The highest BCUT2D eigenvalue weighted by atomic mass is 19.1. The molecule has 0 aliphatic carbocycles. The minimum atomic E-state index is -0.286. The number of halogens is 1. The van der Waals surface area contributed by atoms with Crippen molar-refractivity contribution in [2.24, 2.45) is 0 Å². The van der Waals surface area contributed by atoms with Crippen LogP contribution in [0.15, 0.2) is 40.9 Å². The summed E-state index contributed by atoms with van der Waals surface area (Å²) in [6.07, 6.45) is 4.71. The number of anilines is 1. The summed E-state index contributed by atoms with van der Waals surface area (Å²) in [5.74, 6) is 0.701. The third-order valence-electron chi connectivity index (χ3n) is 4.98. The van der Waals surface area contributed by atoms with Crippen LogP contribution in [-0.4, -0.2) is 32.3 Å². The van der Waals surface area contributed by atoms with Crippen molar-refractivity contribution < 1.29 is 13.6 Å². The van der Waals surface area contributed by atoms with Crippen LogP contribution in [0.25, 0.3) is 0 Å². The number of likely N-dealkylation sites (tertiary alicyclic amines) is 1. The normalized spacial score (nSPS) is 16.8. The summed E-state index contributed by atoms with van der Waals surface area (Å²) in [6, 6.07) is 7.75. The second-order valence-corrected chi connectivity index (χ2v) is 7.23. The summed E-state index contributed by atoms with van der Waals surface area (Å²) in [5, 5.41) is 0. The molecule has 150 valence electrons. The van der Waals surface area contributed by atoms with E-state index in [2.05, 4.69) is 15.0 Å². The number of benzene rings is 1. The van der Waals surface area contributed by atoms with Gasteiger partial charge in [-0.05, 0) is 49.9 Å². The number of rotatable bonds is 4. The SMILES string of the molecule is Cc1cc(C(=O)N2CCCCC2c2ncc(Cc3cccc(F)c3)o2)nc(N)n1. The molecule has 0 saturated carbocycles. The van der Waals surface area contributed by atoms with Crippen LogP contribution < -0.4 is 5.73 Å². The van der Waals surface area contributed by atoms with Gasteiger partial charge in [0.25, 0.3) is 5.91 Å². The molecule has 1 fully saturated rings. The van der Waals surface area contributed by atoms with E-state index in [-0.39, 0.29) is 29.4 Å². The number of nitrogen functional groups attached to an aromatic ring is 1. The Morgan fingerprint density at radius 3 is 2.97 bits per heavy atom. The van der Waals surface area contributed by atoms with E-state index in [1.165, 1.54) is 12.1 Å². The van der Waals surface area contributed by atoms with Crippen molar-refractivity contribution in [3.63, 3.8) is 0 Å². The van der Waals surface area contributed by atoms with Crippen molar-refractivity contribution in [3.05, 3.63) is 70.9 Å². The highest BCUT2D eigenvalue weighted by Gasteiger charge is 2.32. The first-order valence-electron chi connectivity index (χ1n) is 9.61. The van der Waals surface area contributed by atoms with Crippen LogP contribution in [0.1, 0.15) is 58.7 Å². The third-order valence-corrected chi connectivity index (χ3v) is 4.98. The Balaban J connectivity index is 1.56. The molecular weight excluding hydrogens is 373 g/mol. The molecule has 3 aromatic rings. The van der Waals surface area contributed by atoms with Crippen LogP contribution in [0.5, 0.6) is 0 Å². The number of amides is 1. The number of hydrogen-bond donors (Lipinski definition) is 1. The fraction of sp³-hybridized carbons (Fsp3) is 0.333. The molecule has 1 saturated heterocycles. The summed E-state index contributed by atoms with van der Waals surface area (Å²) in [5.41, 5.74) is 7.42. The lowest BCUT2D eigenvalue weighted by Crippen LogP contribution is -2.39. The van der Waals surface area contributed by atoms with Gasteiger partial charge in [-0.15, -0.1) is 0 Å². The van der Waals surface area contributed by atoms with E-state index in [0.29, 0.717) is 30.3 Å². The van der Waals surface area contributed by atoms with Gasteiger partial charge in [-0.3, -0.25) is 4.79 Å². The van der Waals surface area contributed by atoms with Crippen LogP contribution in [0.2, 0.25) is 0 Å². The lowest BCUT2D eigenvalue weighted by atomic mass is 10.0. The molecule has 1 unspecified atom stereocenters. The summed E-state index contributed by atoms with van der Waals surface area (Å²) < 4.78 is 19.4. The van der Waals surface area contributed by atoms with E-state index in [1.807, 2.05) is 6.07 Å². The van der Waals surface area contributed by atoms with Crippen molar-refractivity contribution in [1.29, 1.82) is 0 Å². The number of aromatic nitrogens is 3. The molecule has 2 N–H and O–H groups in total. The average Bonchev–Trinajstić information content (AvgIpc) is 3.15. The first kappa shape index (κ1) is 19.0. The van der Waals surface area contributed by atoms with Gasteiger partial charge in [0, 0.05) is 18.7 Å². The first-order valence-corrected chi connectivity index (χ1v) is 9.61. The summed E-state index contributed by atoms with van der Waals surface area (Å²) in [7, 11) is 0. The zero-order chi connectivity index (χ0) is 20.4. The largest absolute Gasteiger partial charge is 0.443 e. The zero-order valence-corrected chi connectivity index (χ0v) is 16.1. The quantitative estimate of drug-likeness (QED) is 0.726. The van der Waals surface area contributed by atoms with Crippen molar-refractivity contribution in [3.8, 4) is 0 Å². The van der Waals surface area contributed by atoms with Gasteiger partial charge in [-0.1, -0.05) is 12.1 Å². The summed E-state index contributed by atoms with van der Waals surface area (Å²) >= 11 is 0. The van der Waals surface area contributed by atoms with Crippen molar-refractivity contribution >= 4 is 11.9 Å². The molecular formula is C21H22FN5O2. The van der Waals surface area contributed by atoms with Gasteiger partial charge in [0.1, 0.15) is 23.3 Å². The van der Waals surface area contributed by atoms with Crippen molar-refractivity contribution in [2.75, 3.05) is 12.3 Å². The maximum atomic E-state index is 13.4. The van der Waals surface area contributed by atoms with E-state index < -0.39 is 0 Å². The molecule has 0 radical (unpaired) electrons. The minimum Gasteiger partial charge on any atom is -0.443 e. The van der Waals surface area contributed by atoms with Crippen LogP contribution in [0.3, 0.4) is 0 Å². The van der Waals surface area contributed by atoms with Crippen LogP contribution in [0.4, 0.5) is 10.3 Å². The van der Waals surface area contributed by atoms with Crippen LogP contribution >= 0.6 is 0 Å². The minimum absolute atomic E-state index is 0.0791. The second kappa shape index (κ2) is 7.98. The number of aryl methyl sites for hydroxylation is 1. The smallest absolute Gasteiger partial charge is 0.273 e. The van der Waals surface area contributed by atoms with E-state index >= 15 is 0 Å². The standard InChI is InChI=1S/C21H22FN5O2/c1-13-9-17(26-21(23)25-13)20(28)27-8-3-2-7-18(27)19-24-12-16(29-19)11-14-5-4-6-15(22)10-14/h4-6,9-10,12,18H,2-3,7-8,11H2,1H3,(H2,23,25,26). The Bertz CT molecular complexity index is 1020. The predicted octanol–water partition coefficient (Wildman–Crippen LogP) is 3.45. The van der Waals surface area contributed by atoms with Gasteiger partial charge in [-0.2, -0.15) is 0 Å². The van der Waals surface area contributed by atoms with Gasteiger partial charge in [0.2, 0.25) is 11.8 Å². The van der Waals surface area contributed by atoms with Gasteiger partial charge in [0.05, 0.1) is 6.20 Å².